The minimum absolute atomic E-state index is 0.151. The summed E-state index contributed by atoms with van der Waals surface area (Å²) in [4.78, 5) is 12.2. The van der Waals surface area contributed by atoms with E-state index >= 15 is 0 Å². The predicted octanol–water partition coefficient (Wildman–Crippen LogP) is 3.40. The molecule has 19 heavy (non-hydrogen) atoms. The van der Waals surface area contributed by atoms with Gasteiger partial charge in [-0.05, 0) is 30.7 Å². The van der Waals surface area contributed by atoms with Gasteiger partial charge in [0.25, 0.3) is 0 Å². The average molecular weight is 281 g/mol. The Bertz CT molecular complexity index is 378. The van der Waals surface area contributed by atoms with E-state index in [9.17, 15) is 4.79 Å². The Hall–Kier alpha value is -1.00. The Labute approximate surface area is 120 Å². The van der Waals surface area contributed by atoms with Gasteiger partial charge in [0.05, 0.1) is 13.5 Å². The van der Waals surface area contributed by atoms with Gasteiger partial charge >= 0.3 is 5.97 Å². The van der Waals surface area contributed by atoms with Gasteiger partial charge in [-0.2, -0.15) is 0 Å². The van der Waals surface area contributed by atoms with Gasteiger partial charge in [0.15, 0.2) is 0 Å². The van der Waals surface area contributed by atoms with Crippen LogP contribution in [0, 0.1) is 0 Å². The predicted molar refractivity (Wildman–Crippen MR) is 80.5 cm³/mol. The van der Waals surface area contributed by atoms with Gasteiger partial charge in [0.1, 0.15) is 0 Å². The van der Waals surface area contributed by atoms with Crippen molar-refractivity contribution in [3.63, 3.8) is 0 Å². The Morgan fingerprint density at radius 3 is 2.53 bits per heavy atom. The first-order chi connectivity index (χ1) is 9.21. The van der Waals surface area contributed by atoms with E-state index in [-0.39, 0.29) is 5.97 Å². The number of carbonyl (C=O) groups excluding carboxylic acids is 1. The summed E-state index contributed by atoms with van der Waals surface area (Å²) >= 11 is 1.68. The Morgan fingerprint density at radius 2 is 2.00 bits per heavy atom. The van der Waals surface area contributed by atoms with Crippen LogP contribution in [0.1, 0.15) is 38.3 Å². The second-order valence-corrected chi connectivity index (χ2v) is 5.43. The minimum Gasteiger partial charge on any atom is -0.469 e. The van der Waals surface area contributed by atoms with Crippen LogP contribution in [-0.4, -0.2) is 25.4 Å². The highest BCUT2D eigenvalue weighted by Crippen LogP contribution is 2.23. The highest BCUT2D eigenvalue weighted by atomic mass is 32.2. The van der Waals surface area contributed by atoms with Crippen molar-refractivity contribution in [3.8, 4) is 0 Å². The van der Waals surface area contributed by atoms with E-state index in [0.29, 0.717) is 12.5 Å². The summed E-state index contributed by atoms with van der Waals surface area (Å²) in [6.45, 7) is 5.29. The maximum Gasteiger partial charge on any atom is 0.306 e. The van der Waals surface area contributed by atoms with Gasteiger partial charge < -0.3 is 10.1 Å². The molecule has 1 aromatic rings. The summed E-state index contributed by atoms with van der Waals surface area (Å²) in [5, 5.41) is 3.47. The van der Waals surface area contributed by atoms with E-state index in [1.807, 2.05) is 0 Å². The van der Waals surface area contributed by atoms with E-state index < -0.39 is 0 Å². The molecule has 3 nitrogen and oxygen atoms in total. The normalized spacial score (nSPS) is 12.2. The average Bonchev–Trinajstić information content (AvgIpc) is 2.45. The number of ether oxygens (including phenoxy) is 1. The molecule has 0 aliphatic heterocycles. The molecule has 0 aliphatic carbocycles. The van der Waals surface area contributed by atoms with Gasteiger partial charge in [0.2, 0.25) is 0 Å². The number of hydrogen-bond acceptors (Lipinski definition) is 4. The quantitative estimate of drug-likeness (QED) is 0.585. The molecular weight excluding hydrogens is 258 g/mol. The molecular formula is C15H23NO2S. The molecule has 0 saturated carbocycles. The van der Waals surface area contributed by atoms with Crippen molar-refractivity contribution in [3.05, 3.63) is 29.8 Å². The number of rotatable bonds is 8. The third-order valence-corrected chi connectivity index (χ3v) is 3.96. The van der Waals surface area contributed by atoms with E-state index in [1.54, 1.807) is 11.8 Å². The fourth-order valence-corrected chi connectivity index (χ4v) is 2.73. The zero-order valence-corrected chi connectivity index (χ0v) is 12.8. The molecule has 0 saturated heterocycles. The molecule has 0 fully saturated rings. The molecule has 0 spiro atoms. The highest BCUT2D eigenvalue weighted by Gasteiger charge is 2.07. The zero-order valence-electron chi connectivity index (χ0n) is 11.9. The summed E-state index contributed by atoms with van der Waals surface area (Å²) in [5.74, 6) is 0.610. The lowest BCUT2D eigenvalue weighted by Crippen LogP contribution is -2.19. The van der Waals surface area contributed by atoms with Gasteiger partial charge in [-0.25, -0.2) is 0 Å². The summed E-state index contributed by atoms with van der Waals surface area (Å²) in [5.41, 5.74) is 1.32. The summed E-state index contributed by atoms with van der Waals surface area (Å²) in [6.07, 6.45) is 1.54. The highest BCUT2D eigenvalue weighted by molar-refractivity contribution is 7.99. The van der Waals surface area contributed by atoms with Crippen molar-refractivity contribution in [2.75, 3.05) is 19.4 Å². The van der Waals surface area contributed by atoms with Crippen molar-refractivity contribution in [2.45, 2.75) is 37.6 Å². The Balaban J connectivity index is 2.49. The van der Waals surface area contributed by atoms with Gasteiger partial charge in [-0.15, -0.1) is 11.8 Å². The molecule has 4 heteroatoms. The van der Waals surface area contributed by atoms with Crippen molar-refractivity contribution in [1.82, 2.24) is 5.32 Å². The summed E-state index contributed by atoms with van der Waals surface area (Å²) in [7, 11) is 1.42. The van der Waals surface area contributed by atoms with Crippen molar-refractivity contribution in [1.29, 1.82) is 0 Å². The van der Waals surface area contributed by atoms with Gasteiger partial charge in [0, 0.05) is 16.7 Å². The van der Waals surface area contributed by atoms with E-state index in [2.05, 4.69) is 48.2 Å². The van der Waals surface area contributed by atoms with Crippen LogP contribution in [-0.2, 0) is 9.53 Å². The molecule has 0 heterocycles. The third-order valence-electron chi connectivity index (χ3n) is 2.94. The number of benzene rings is 1. The number of thioether (sulfide) groups is 1. The molecule has 0 amide bonds. The van der Waals surface area contributed by atoms with Crippen LogP contribution in [0.15, 0.2) is 29.2 Å². The van der Waals surface area contributed by atoms with Crippen LogP contribution in [0.3, 0.4) is 0 Å². The molecule has 0 aliphatic rings. The fourth-order valence-electron chi connectivity index (χ4n) is 1.89. The summed E-state index contributed by atoms with van der Waals surface area (Å²) < 4.78 is 4.62. The molecule has 1 atom stereocenters. The first-order valence-corrected chi connectivity index (χ1v) is 7.72. The number of nitrogens with one attached hydrogen (secondary N) is 1. The monoisotopic (exact) mass is 281 g/mol. The van der Waals surface area contributed by atoms with Crippen LogP contribution in [0.25, 0.3) is 0 Å². The zero-order chi connectivity index (χ0) is 14.1. The van der Waals surface area contributed by atoms with Gasteiger partial charge in [-0.1, -0.05) is 26.0 Å². The lowest BCUT2D eigenvalue weighted by molar-refractivity contribution is -0.140. The third kappa shape index (κ3) is 5.66. The number of esters is 1. The number of hydrogen-bond donors (Lipinski definition) is 1. The fraction of sp³-hybridized carbons (Fsp3) is 0.533. The molecule has 1 unspecified atom stereocenters. The Kier molecular flexibility index (Phi) is 7.60. The summed E-state index contributed by atoms with van der Waals surface area (Å²) in [6, 6.07) is 9.00. The standard InChI is InChI=1S/C15H23NO2S/c1-4-14(16-5-2)12-6-8-13(9-7-12)19-11-10-15(17)18-3/h6-9,14,16H,4-5,10-11H2,1-3H3. The molecule has 0 radical (unpaired) electrons. The van der Waals surface area contributed by atoms with E-state index in [4.69, 9.17) is 0 Å². The van der Waals surface area contributed by atoms with Crippen molar-refractivity contribution < 1.29 is 9.53 Å². The molecule has 0 bridgehead atoms. The van der Waals surface area contributed by atoms with Crippen LogP contribution in [0.5, 0.6) is 0 Å². The van der Waals surface area contributed by atoms with Crippen LogP contribution in [0.4, 0.5) is 0 Å². The van der Waals surface area contributed by atoms with Gasteiger partial charge in [-0.3, -0.25) is 4.79 Å². The SMILES string of the molecule is CCNC(CC)c1ccc(SCCC(=O)OC)cc1. The molecule has 0 aromatic heterocycles. The van der Waals surface area contributed by atoms with E-state index in [0.717, 1.165) is 18.7 Å². The van der Waals surface area contributed by atoms with Crippen molar-refractivity contribution in [2.24, 2.45) is 0 Å². The number of carbonyl (C=O) groups is 1. The maximum atomic E-state index is 11.0. The minimum atomic E-state index is -0.151. The molecule has 1 aromatic carbocycles. The van der Waals surface area contributed by atoms with Crippen molar-refractivity contribution >= 4 is 17.7 Å². The van der Waals surface area contributed by atoms with Crippen LogP contribution in [0.2, 0.25) is 0 Å². The second-order valence-electron chi connectivity index (χ2n) is 4.26. The molecule has 1 rings (SSSR count). The number of methoxy groups -OCH3 is 1. The largest absolute Gasteiger partial charge is 0.469 e. The maximum absolute atomic E-state index is 11.0. The first-order valence-electron chi connectivity index (χ1n) is 6.74. The topological polar surface area (TPSA) is 38.3 Å². The Morgan fingerprint density at radius 1 is 1.32 bits per heavy atom. The van der Waals surface area contributed by atoms with E-state index in [1.165, 1.54) is 17.6 Å². The van der Waals surface area contributed by atoms with Crippen LogP contribution < -0.4 is 5.32 Å². The smallest absolute Gasteiger partial charge is 0.306 e. The molecule has 1 N–H and O–H groups in total. The lowest BCUT2D eigenvalue weighted by Gasteiger charge is -2.16. The second kappa shape index (κ2) is 8.99. The van der Waals surface area contributed by atoms with Crippen LogP contribution >= 0.6 is 11.8 Å². The first kappa shape index (κ1) is 16.1. The molecule has 106 valence electrons. The lowest BCUT2D eigenvalue weighted by atomic mass is 10.1.